The van der Waals surface area contributed by atoms with Crippen LogP contribution in [0.15, 0.2) is 17.5 Å². The third-order valence-electron chi connectivity index (χ3n) is 3.29. The first-order valence-electron chi connectivity index (χ1n) is 6.50. The molecule has 110 valence electrons. The molecule has 2 heterocycles. The average Bonchev–Trinajstić information content (AvgIpc) is 2.99. The smallest absolute Gasteiger partial charge is 0.321 e. The summed E-state index contributed by atoms with van der Waals surface area (Å²) in [5, 5.41) is 23.3. The first-order valence-corrected chi connectivity index (χ1v) is 7.38. The molecule has 1 aromatic rings. The van der Waals surface area contributed by atoms with Gasteiger partial charge in [-0.15, -0.1) is 11.3 Å². The number of carboxylic acids is 1. The number of β-amino-alcohol motifs (C(OH)–C–C–N with tert-alkyl or cyclic N) is 1. The summed E-state index contributed by atoms with van der Waals surface area (Å²) in [5.74, 6) is -1.20. The van der Waals surface area contributed by atoms with Crippen LogP contribution in [0.25, 0.3) is 0 Å². The van der Waals surface area contributed by atoms with Crippen molar-refractivity contribution in [3.63, 3.8) is 0 Å². The zero-order valence-electron chi connectivity index (χ0n) is 11.0. The maximum absolute atomic E-state index is 11.8. The number of thiophene rings is 1. The number of rotatable bonds is 6. The Bertz CT molecular complexity index is 463. The van der Waals surface area contributed by atoms with E-state index in [-0.39, 0.29) is 25.4 Å². The van der Waals surface area contributed by atoms with Gasteiger partial charge in [0.15, 0.2) is 0 Å². The largest absolute Gasteiger partial charge is 0.480 e. The summed E-state index contributed by atoms with van der Waals surface area (Å²) in [6.45, 7) is 0.779. The molecule has 20 heavy (non-hydrogen) atoms. The van der Waals surface area contributed by atoms with Crippen molar-refractivity contribution in [1.82, 2.24) is 10.2 Å². The number of nitrogens with one attached hydrogen (secondary N) is 1. The lowest BCUT2D eigenvalue weighted by atomic mass is 10.2. The summed E-state index contributed by atoms with van der Waals surface area (Å²) in [4.78, 5) is 25.5. The van der Waals surface area contributed by atoms with E-state index in [9.17, 15) is 14.7 Å². The minimum absolute atomic E-state index is 0.0124. The van der Waals surface area contributed by atoms with Crippen LogP contribution in [0.4, 0.5) is 0 Å². The first-order chi connectivity index (χ1) is 9.56. The minimum Gasteiger partial charge on any atom is -0.480 e. The molecule has 6 nitrogen and oxygen atoms in total. The normalized spacial score (nSPS) is 22.9. The molecule has 1 aliphatic rings. The van der Waals surface area contributed by atoms with Gasteiger partial charge in [-0.05, 0) is 17.9 Å². The Hall–Kier alpha value is -1.44. The molecular formula is C13H18N2O4S. The Balaban J connectivity index is 1.74. The molecule has 7 heteroatoms. The lowest BCUT2D eigenvalue weighted by Crippen LogP contribution is -2.43. The molecule has 0 aliphatic carbocycles. The Morgan fingerprint density at radius 1 is 1.50 bits per heavy atom. The summed E-state index contributed by atoms with van der Waals surface area (Å²) in [7, 11) is 0. The van der Waals surface area contributed by atoms with Gasteiger partial charge < -0.3 is 15.5 Å². The maximum atomic E-state index is 11.8. The average molecular weight is 298 g/mol. The highest BCUT2D eigenvalue weighted by molar-refractivity contribution is 7.09. The zero-order chi connectivity index (χ0) is 14.5. The number of hydrogen-bond acceptors (Lipinski definition) is 5. The van der Waals surface area contributed by atoms with Gasteiger partial charge in [0, 0.05) is 24.4 Å². The zero-order valence-corrected chi connectivity index (χ0v) is 11.8. The Kier molecular flexibility index (Phi) is 5.11. The Labute approximate surface area is 121 Å². The molecule has 0 bridgehead atoms. The SMILES string of the molecule is O=C(CN1CC(O)CC1C(=O)O)NCCc1cccs1. The molecule has 1 aromatic heterocycles. The second kappa shape index (κ2) is 6.83. The van der Waals surface area contributed by atoms with E-state index in [0.717, 1.165) is 6.42 Å². The third kappa shape index (κ3) is 4.03. The summed E-state index contributed by atoms with van der Waals surface area (Å²) in [5.41, 5.74) is 0. The van der Waals surface area contributed by atoms with Crippen LogP contribution in [0, 0.1) is 0 Å². The van der Waals surface area contributed by atoms with Crippen molar-refractivity contribution in [2.45, 2.75) is 25.0 Å². The number of aliphatic carboxylic acids is 1. The molecule has 0 aromatic carbocycles. The molecule has 3 N–H and O–H groups in total. The molecule has 0 spiro atoms. The predicted octanol–water partition coefficient (Wildman–Crippen LogP) is -0.0734. The summed E-state index contributed by atoms with van der Waals surface area (Å²) in [6, 6.07) is 3.20. The molecule has 0 saturated carbocycles. The maximum Gasteiger partial charge on any atom is 0.321 e. The number of aliphatic hydroxyl groups excluding tert-OH is 1. The predicted molar refractivity (Wildman–Crippen MR) is 74.7 cm³/mol. The Morgan fingerprint density at radius 3 is 2.95 bits per heavy atom. The molecule has 1 saturated heterocycles. The quantitative estimate of drug-likeness (QED) is 0.684. The fraction of sp³-hybridized carbons (Fsp3) is 0.538. The van der Waals surface area contributed by atoms with Crippen molar-refractivity contribution in [2.75, 3.05) is 19.6 Å². The number of likely N-dealkylation sites (tertiary alicyclic amines) is 1. The molecular weight excluding hydrogens is 280 g/mol. The van der Waals surface area contributed by atoms with Crippen molar-refractivity contribution in [2.24, 2.45) is 0 Å². The van der Waals surface area contributed by atoms with Crippen molar-refractivity contribution in [3.8, 4) is 0 Å². The number of carboxylic acid groups (broad SMARTS) is 1. The van der Waals surface area contributed by atoms with Crippen LogP contribution in [-0.4, -0.2) is 58.8 Å². The van der Waals surface area contributed by atoms with Gasteiger partial charge in [0.2, 0.25) is 5.91 Å². The molecule has 2 unspecified atom stereocenters. The molecule has 2 rings (SSSR count). The lowest BCUT2D eigenvalue weighted by Gasteiger charge is -2.19. The van der Waals surface area contributed by atoms with Crippen LogP contribution in [0.1, 0.15) is 11.3 Å². The van der Waals surface area contributed by atoms with E-state index < -0.39 is 18.1 Å². The minimum atomic E-state index is -0.993. The summed E-state index contributed by atoms with van der Waals surface area (Å²) >= 11 is 1.64. The van der Waals surface area contributed by atoms with Crippen molar-refractivity contribution < 1.29 is 19.8 Å². The van der Waals surface area contributed by atoms with E-state index in [4.69, 9.17) is 5.11 Å². The monoisotopic (exact) mass is 298 g/mol. The number of amides is 1. The van der Waals surface area contributed by atoms with Crippen LogP contribution >= 0.6 is 11.3 Å². The fourth-order valence-corrected chi connectivity index (χ4v) is 3.04. The van der Waals surface area contributed by atoms with Crippen LogP contribution in [0.2, 0.25) is 0 Å². The topological polar surface area (TPSA) is 89.9 Å². The standard InChI is InChI=1S/C13H18N2O4S/c16-9-6-11(13(18)19)15(7-9)8-12(17)14-4-3-10-2-1-5-20-10/h1-2,5,9,11,16H,3-4,6-8H2,(H,14,17)(H,18,19). The molecule has 1 amide bonds. The highest BCUT2D eigenvalue weighted by Crippen LogP contribution is 2.17. The van der Waals surface area contributed by atoms with Crippen LogP contribution in [0.3, 0.4) is 0 Å². The number of carbonyl (C=O) groups is 2. The third-order valence-corrected chi connectivity index (χ3v) is 4.22. The van der Waals surface area contributed by atoms with Gasteiger partial charge in [-0.1, -0.05) is 6.07 Å². The lowest BCUT2D eigenvalue weighted by molar-refractivity contribution is -0.142. The highest BCUT2D eigenvalue weighted by Gasteiger charge is 2.36. The van der Waals surface area contributed by atoms with E-state index in [2.05, 4.69) is 5.32 Å². The van der Waals surface area contributed by atoms with Crippen LogP contribution in [-0.2, 0) is 16.0 Å². The van der Waals surface area contributed by atoms with E-state index in [0.29, 0.717) is 6.54 Å². The van der Waals surface area contributed by atoms with Gasteiger partial charge in [-0.2, -0.15) is 0 Å². The van der Waals surface area contributed by atoms with Gasteiger partial charge in [0.05, 0.1) is 12.6 Å². The van der Waals surface area contributed by atoms with E-state index in [1.54, 1.807) is 11.3 Å². The van der Waals surface area contributed by atoms with Gasteiger partial charge >= 0.3 is 5.97 Å². The highest BCUT2D eigenvalue weighted by atomic mass is 32.1. The second-order valence-corrected chi connectivity index (χ2v) is 5.88. The number of aliphatic hydroxyl groups is 1. The summed E-state index contributed by atoms with van der Waals surface area (Å²) < 4.78 is 0. The number of hydrogen-bond donors (Lipinski definition) is 3. The van der Waals surface area contributed by atoms with Gasteiger partial charge in [-0.3, -0.25) is 14.5 Å². The first kappa shape index (κ1) is 15.0. The van der Waals surface area contributed by atoms with Gasteiger partial charge in [-0.25, -0.2) is 0 Å². The van der Waals surface area contributed by atoms with E-state index in [1.807, 2.05) is 17.5 Å². The summed E-state index contributed by atoms with van der Waals surface area (Å²) in [6.07, 6.45) is 0.279. The van der Waals surface area contributed by atoms with Crippen molar-refractivity contribution in [3.05, 3.63) is 22.4 Å². The van der Waals surface area contributed by atoms with Gasteiger partial charge in [0.1, 0.15) is 6.04 Å². The molecule has 1 fully saturated rings. The van der Waals surface area contributed by atoms with Crippen molar-refractivity contribution >= 4 is 23.2 Å². The molecule has 1 aliphatic heterocycles. The van der Waals surface area contributed by atoms with Gasteiger partial charge in [0.25, 0.3) is 0 Å². The van der Waals surface area contributed by atoms with Crippen LogP contribution in [0.5, 0.6) is 0 Å². The second-order valence-electron chi connectivity index (χ2n) is 4.85. The molecule has 0 radical (unpaired) electrons. The number of carbonyl (C=O) groups excluding carboxylic acids is 1. The van der Waals surface area contributed by atoms with Crippen molar-refractivity contribution in [1.29, 1.82) is 0 Å². The van der Waals surface area contributed by atoms with E-state index in [1.165, 1.54) is 9.78 Å². The fourth-order valence-electron chi connectivity index (χ4n) is 2.33. The Morgan fingerprint density at radius 2 is 2.30 bits per heavy atom. The number of nitrogens with zero attached hydrogens (tertiary/aromatic N) is 1. The molecule has 2 atom stereocenters. The van der Waals surface area contributed by atoms with Crippen LogP contribution < -0.4 is 5.32 Å². The van der Waals surface area contributed by atoms with E-state index >= 15 is 0 Å².